The van der Waals surface area contributed by atoms with E-state index >= 15 is 0 Å². The number of nitrogens with one attached hydrogen (secondary N) is 1. The van der Waals surface area contributed by atoms with Crippen molar-refractivity contribution in [1.82, 2.24) is 5.32 Å². The van der Waals surface area contributed by atoms with Crippen LogP contribution < -0.4 is 11.1 Å². The van der Waals surface area contributed by atoms with Crippen molar-refractivity contribution in [2.45, 2.75) is 19.3 Å². The molecule has 1 saturated carbocycles. The van der Waals surface area contributed by atoms with Crippen LogP contribution in [0.4, 0.5) is 13.2 Å². The van der Waals surface area contributed by atoms with Gasteiger partial charge >= 0.3 is 0 Å². The van der Waals surface area contributed by atoms with Crippen molar-refractivity contribution >= 4 is 5.91 Å². The van der Waals surface area contributed by atoms with Gasteiger partial charge in [0.1, 0.15) is 0 Å². The van der Waals surface area contributed by atoms with E-state index in [1.54, 1.807) is 0 Å². The Labute approximate surface area is 115 Å². The number of benzene rings is 1. The second kappa shape index (κ2) is 6.26. The molecule has 1 amide bonds. The van der Waals surface area contributed by atoms with E-state index < -0.39 is 23.4 Å². The number of carbonyl (C=O) groups excluding carboxylic acids is 1. The minimum Gasteiger partial charge on any atom is -0.352 e. The molecule has 0 aromatic heterocycles. The molecule has 110 valence electrons. The van der Waals surface area contributed by atoms with Crippen molar-refractivity contribution in [2.24, 2.45) is 17.6 Å². The van der Waals surface area contributed by atoms with Crippen LogP contribution in [0.1, 0.15) is 29.6 Å². The molecule has 1 aromatic rings. The average molecular weight is 286 g/mol. The average Bonchev–Trinajstić information content (AvgIpc) is 2.89. The van der Waals surface area contributed by atoms with Gasteiger partial charge in [0.15, 0.2) is 17.5 Å². The van der Waals surface area contributed by atoms with E-state index in [1.807, 2.05) is 0 Å². The lowest BCUT2D eigenvalue weighted by Crippen LogP contribution is -2.33. The first kappa shape index (κ1) is 14.8. The van der Waals surface area contributed by atoms with E-state index in [2.05, 4.69) is 5.32 Å². The minimum absolute atomic E-state index is 0.219. The number of amides is 1. The molecule has 3 nitrogen and oxygen atoms in total. The maximum atomic E-state index is 13.0. The molecular formula is C14H17F3N2O. The summed E-state index contributed by atoms with van der Waals surface area (Å²) in [4.78, 5) is 11.8. The Kier molecular flexibility index (Phi) is 4.65. The Hall–Kier alpha value is -1.56. The molecule has 2 rings (SSSR count). The van der Waals surface area contributed by atoms with Crippen molar-refractivity contribution < 1.29 is 18.0 Å². The first-order valence-corrected chi connectivity index (χ1v) is 6.65. The Bertz CT molecular complexity index is 484. The zero-order chi connectivity index (χ0) is 14.7. The lowest BCUT2D eigenvalue weighted by atomic mass is 9.96. The van der Waals surface area contributed by atoms with Crippen LogP contribution in [0.25, 0.3) is 0 Å². The van der Waals surface area contributed by atoms with Crippen LogP contribution in [0.5, 0.6) is 0 Å². The van der Waals surface area contributed by atoms with Gasteiger partial charge in [-0.2, -0.15) is 0 Å². The van der Waals surface area contributed by atoms with Crippen LogP contribution in [0.3, 0.4) is 0 Å². The van der Waals surface area contributed by atoms with Crippen molar-refractivity contribution in [1.29, 1.82) is 0 Å². The standard InChI is InChI=1S/C14H17F3N2O/c15-11-4-10(5-12(16)13(11)17)14(20)19-7-9-3-1-2-8(9)6-18/h4-5,8-9H,1-3,6-7,18H2,(H,19,20). The van der Waals surface area contributed by atoms with E-state index in [-0.39, 0.29) is 5.56 Å². The third-order valence-electron chi connectivity index (χ3n) is 3.89. The summed E-state index contributed by atoms with van der Waals surface area (Å²) in [7, 11) is 0. The maximum Gasteiger partial charge on any atom is 0.251 e. The van der Waals surface area contributed by atoms with Crippen LogP contribution in [0, 0.1) is 29.3 Å². The summed E-state index contributed by atoms with van der Waals surface area (Å²) in [6.45, 7) is 0.988. The van der Waals surface area contributed by atoms with Gasteiger partial charge in [0.2, 0.25) is 0 Å². The van der Waals surface area contributed by atoms with Crippen LogP contribution in [-0.4, -0.2) is 19.0 Å². The van der Waals surface area contributed by atoms with Gasteiger partial charge in [0.25, 0.3) is 5.91 Å². The number of hydrogen-bond acceptors (Lipinski definition) is 2. The predicted molar refractivity (Wildman–Crippen MR) is 68.5 cm³/mol. The predicted octanol–water partition coefficient (Wildman–Crippen LogP) is 2.21. The highest BCUT2D eigenvalue weighted by molar-refractivity contribution is 5.94. The first-order valence-electron chi connectivity index (χ1n) is 6.65. The maximum absolute atomic E-state index is 13.0. The zero-order valence-corrected chi connectivity index (χ0v) is 11.0. The number of rotatable bonds is 4. The lowest BCUT2D eigenvalue weighted by molar-refractivity contribution is 0.0943. The van der Waals surface area contributed by atoms with Crippen LogP contribution in [0.15, 0.2) is 12.1 Å². The molecule has 3 N–H and O–H groups in total. The molecule has 1 aliphatic rings. The number of carbonyl (C=O) groups is 1. The fraction of sp³-hybridized carbons (Fsp3) is 0.500. The van der Waals surface area contributed by atoms with Gasteiger partial charge < -0.3 is 11.1 Å². The van der Waals surface area contributed by atoms with Crippen molar-refractivity contribution in [3.05, 3.63) is 35.1 Å². The van der Waals surface area contributed by atoms with E-state index in [0.29, 0.717) is 37.1 Å². The Balaban J connectivity index is 1.98. The number of nitrogens with two attached hydrogens (primary N) is 1. The molecule has 0 saturated heterocycles. The van der Waals surface area contributed by atoms with E-state index in [0.717, 1.165) is 19.3 Å². The van der Waals surface area contributed by atoms with E-state index in [9.17, 15) is 18.0 Å². The highest BCUT2D eigenvalue weighted by atomic mass is 19.2. The van der Waals surface area contributed by atoms with Gasteiger partial charge in [-0.3, -0.25) is 4.79 Å². The largest absolute Gasteiger partial charge is 0.352 e. The molecule has 0 aliphatic heterocycles. The minimum atomic E-state index is -1.57. The molecule has 0 heterocycles. The zero-order valence-electron chi connectivity index (χ0n) is 11.0. The van der Waals surface area contributed by atoms with Crippen LogP contribution >= 0.6 is 0 Å². The summed E-state index contributed by atoms with van der Waals surface area (Å²) in [6, 6.07) is 1.39. The second-order valence-corrected chi connectivity index (χ2v) is 5.15. The molecule has 0 bridgehead atoms. The lowest BCUT2D eigenvalue weighted by Gasteiger charge is -2.18. The Morgan fingerprint density at radius 1 is 1.20 bits per heavy atom. The van der Waals surface area contributed by atoms with Crippen molar-refractivity contribution in [3.8, 4) is 0 Å². The van der Waals surface area contributed by atoms with E-state index in [1.165, 1.54) is 0 Å². The first-order chi connectivity index (χ1) is 9.52. The second-order valence-electron chi connectivity index (χ2n) is 5.15. The molecule has 1 aromatic carbocycles. The summed E-state index contributed by atoms with van der Waals surface area (Å²) in [5, 5.41) is 2.63. The van der Waals surface area contributed by atoms with Gasteiger partial charge in [-0.15, -0.1) is 0 Å². The molecule has 0 spiro atoms. The smallest absolute Gasteiger partial charge is 0.251 e. The highest BCUT2D eigenvalue weighted by Crippen LogP contribution is 2.30. The molecule has 1 aliphatic carbocycles. The van der Waals surface area contributed by atoms with Gasteiger partial charge in [0.05, 0.1) is 0 Å². The third kappa shape index (κ3) is 3.12. The molecule has 2 unspecified atom stereocenters. The van der Waals surface area contributed by atoms with Gasteiger partial charge in [0, 0.05) is 12.1 Å². The Morgan fingerprint density at radius 3 is 2.40 bits per heavy atom. The van der Waals surface area contributed by atoms with Crippen molar-refractivity contribution in [3.63, 3.8) is 0 Å². The molecule has 2 atom stereocenters. The molecule has 20 heavy (non-hydrogen) atoms. The normalized spacial score (nSPS) is 22.0. The summed E-state index contributed by atoms with van der Waals surface area (Å²) in [6.07, 6.45) is 3.09. The highest BCUT2D eigenvalue weighted by Gasteiger charge is 2.26. The number of halogens is 3. The van der Waals surface area contributed by atoms with Crippen LogP contribution in [-0.2, 0) is 0 Å². The number of hydrogen-bond donors (Lipinski definition) is 2. The Morgan fingerprint density at radius 2 is 1.80 bits per heavy atom. The quantitative estimate of drug-likeness (QED) is 0.834. The summed E-state index contributed by atoms with van der Waals surface area (Å²) >= 11 is 0. The van der Waals surface area contributed by atoms with E-state index in [4.69, 9.17) is 5.73 Å². The van der Waals surface area contributed by atoms with Gasteiger partial charge in [-0.25, -0.2) is 13.2 Å². The molecule has 6 heteroatoms. The fourth-order valence-corrected chi connectivity index (χ4v) is 2.71. The molecule has 1 fully saturated rings. The fourth-order valence-electron chi connectivity index (χ4n) is 2.71. The van der Waals surface area contributed by atoms with Gasteiger partial charge in [-0.05, 0) is 43.4 Å². The molecule has 0 radical (unpaired) electrons. The summed E-state index contributed by atoms with van der Waals surface area (Å²) in [5.74, 6) is -4.24. The SMILES string of the molecule is NCC1CCCC1CNC(=O)c1cc(F)c(F)c(F)c1. The third-order valence-corrected chi connectivity index (χ3v) is 3.89. The summed E-state index contributed by atoms with van der Waals surface area (Å²) in [5.41, 5.74) is 5.43. The molecular weight excluding hydrogens is 269 g/mol. The van der Waals surface area contributed by atoms with Gasteiger partial charge in [-0.1, -0.05) is 6.42 Å². The monoisotopic (exact) mass is 286 g/mol. The topological polar surface area (TPSA) is 55.1 Å². The van der Waals surface area contributed by atoms with Crippen molar-refractivity contribution in [2.75, 3.05) is 13.1 Å². The summed E-state index contributed by atoms with van der Waals surface area (Å²) < 4.78 is 38.9. The van der Waals surface area contributed by atoms with Crippen LogP contribution in [0.2, 0.25) is 0 Å².